The Morgan fingerprint density at radius 1 is 0.705 bits per heavy atom. The Hall–Kier alpha value is -4.11. The maximum Gasteiger partial charge on any atom is 0.124 e. The van der Waals surface area contributed by atoms with Crippen LogP contribution in [0.4, 0.5) is 0 Å². The second-order valence-corrected chi connectivity index (χ2v) is 11.2. The minimum Gasteiger partial charge on any atom is -0.507 e. The molecule has 4 heteroatoms. The van der Waals surface area contributed by atoms with Crippen molar-refractivity contribution in [2.24, 2.45) is 0 Å². The Morgan fingerprint density at radius 3 is 2.11 bits per heavy atom. The van der Waals surface area contributed by atoms with Crippen LogP contribution in [-0.2, 0) is 20.1 Å². The summed E-state index contributed by atoms with van der Waals surface area (Å²) in [4.78, 5) is 8.82. The summed E-state index contributed by atoms with van der Waals surface area (Å²) in [5.41, 5.74) is 7.95. The van der Waals surface area contributed by atoms with Crippen LogP contribution < -0.4 is 0 Å². The molecule has 0 spiro atoms. The van der Waals surface area contributed by atoms with Crippen LogP contribution in [-0.4, -0.2) is 15.1 Å². The normalized spacial score (nSPS) is 20.0. The average molecular weight is 756 g/mol. The summed E-state index contributed by atoms with van der Waals surface area (Å²) >= 11 is 0. The molecular formula is C40H37IrN2O-. The molecule has 223 valence electrons. The van der Waals surface area contributed by atoms with Gasteiger partial charge in [0.1, 0.15) is 5.75 Å². The van der Waals surface area contributed by atoms with Crippen LogP contribution in [0.2, 0.25) is 0 Å². The summed E-state index contributed by atoms with van der Waals surface area (Å²) in [6.45, 7) is 4.16. The zero-order chi connectivity index (χ0) is 31.4. The molecule has 6 aromatic rings. The van der Waals surface area contributed by atoms with Gasteiger partial charge < -0.3 is 10.1 Å². The molecule has 1 aliphatic carbocycles. The second kappa shape index (κ2) is 14.6. The van der Waals surface area contributed by atoms with Gasteiger partial charge in [-0.25, -0.2) is 0 Å². The molecule has 7 rings (SSSR count). The first-order valence-electron chi connectivity index (χ1n) is 15.9. The van der Waals surface area contributed by atoms with E-state index in [9.17, 15) is 6.48 Å². The number of benzene rings is 4. The van der Waals surface area contributed by atoms with Gasteiger partial charge in [-0.15, -0.1) is 34.9 Å². The average Bonchev–Trinajstić information content (AvgIpc) is 3.07. The van der Waals surface area contributed by atoms with E-state index in [1.807, 2.05) is 60.8 Å². The molecule has 0 atom stereocenters. The Balaban J connectivity index is 0.000000250. The number of aryl methyl sites for hydroxylation is 2. The van der Waals surface area contributed by atoms with E-state index in [-0.39, 0.29) is 25.9 Å². The number of hydrogen-bond donors (Lipinski definition) is 1. The van der Waals surface area contributed by atoms with Crippen LogP contribution >= 0.6 is 0 Å². The minimum atomic E-state index is -0.650. The van der Waals surface area contributed by atoms with Crippen molar-refractivity contribution in [3.63, 3.8) is 0 Å². The Kier molecular flexibility index (Phi) is 9.49. The minimum absolute atomic E-state index is 0. The van der Waals surface area contributed by atoms with Gasteiger partial charge in [0.2, 0.25) is 0 Å². The number of phenols is 1. The predicted molar refractivity (Wildman–Crippen MR) is 177 cm³/mol. The molecule has 0 amide bonds. The zero-order valence-corrected chi connectivity index (χ0v) is 27.4. The molecular weight excluding hydrogens is 717 g/mol. The van der Waals surface area contributed by atoms with E-state index >= 15 is 0 Å². The van der Waals surface area contributed by atoms with Crippen LogP contribution in [0.3, 0.4) is 0 Å². The Bertz CT molecular complexity index is 1900. The number of fused-ring (bicyclic) bond motifs is 1. The summed E-state index contributed by atoms with van der Waals surface area (Å²) in [6, 6.07) is 39.0. The number of aromatic nitrogens is 2. The van der Waals surface area contributed by atoms with Crippen molar-refractivity contribution in [1.29, 1.82) is 0 Å². The molecule has 1 aliphatic rings. The topological polar surface area (TPSA) is 46.0 Å². The van der Waals surface area contributed by atoms with Gasteiger partial charge in [-0.1, -0.05) is 80.6 Å². The molecule has 4 aromatic carbocycles. The van der Waals surface area contributed by atoms with E-state index in [1.165, 1.54) is 5.56 Å². The van der Waals surface area contributed by atoms with Crippen molar-refractivity contribution >= 4 is 10.8 Å². The fraction of sp³-hybridized carbons (Fsp3) is 0.200. The Labute approximate surface area is 277 Å². The summed E-state index contributed by atoms with van der Waals surface area (Å²) in [6.07, 6.45) is 6.37. The first kappa shape index (κ1) is 28.6. The van der Waals surface area contributed by atoms with Gasteiger partial charge in [0, 0.05) is 40.8 Å². The summed E-state index contributed by atoms with van der Waals surface area (Å²) in [5, 5.41) is 11.7. The maximum absolute atomic E-state index is 9.52. The van der Waals surface area contributed by atoms with Crippen molar-refractivity contribution in [3.05, 3.63) is 150 Å². The molecule has 0 saturated heterocycles. The molecule has 0 unspecified atom stereocenters. The van der Waals surface area contributed by atoms with Gasteiger partial charge >= 0.3 is 0 Å². The zero-order valence-electron chi connectivity index (χ0n) is 27.1. The predicted octanol–water partition coefficient (Wildman–Crippen LogP) is 10.2. The molecule has 2 aromatic heterocycles. The van der Waals surface area contributed by atoms with Crippen molar-refractivity contribution in [1.82, 2.24) is 9.97 Å². The summed E-state index contributed by atoms with van der Waals surface area (Å²) in [7, 11) is 0. The fourth-order valence-corrected chi connectivity index (χ4v) is 5.95. The van der Waals surface area contributed by atoms with E-state index in [1.54, 1.807) is 18.3 Å². The van der Waals surface area contributed by atoms with Gasteiger partial charge in [-0.2, -0.15) is 0 Å². The number of para-hydroxylation sites is 1. The molecule has 3 nitrogen and oxygen atoms in total. The largest absolute Gasteiger partial charge is 0.507 e. The Morgan fingerprint density at radius 2 is 1.41 bits per heavy atom. The van der Waals surface area contributed by atoms with Crippen molar-refractivity contribution < 1.29 is 28.0 Å². The van der Waals surface area contributed by atoms with Crippen molar-refractivity contribution in [3.8, 4) is 28.3 Å². The van der Waals surface area contributed by atoms with E-state index in [0.29, 0.717) is 25.7 Å². The van der Waals surface area contributed by atoms with Crippen molar-refractivity contribution in [2.75, 3.05) is 0 Å². The van der Waals surface area contributed by atoms with E-state index in [4.69, 9.17) is 1.37 Å². The quantitative estimate of drug-likeness (QED) is 0.182. The number of nitrogens with zero attached hydrogens (tertiary/aromatic N) is 2. The monoisotopic (exact) mass is 756 g/mol. The smallest absolute Gasteiger partial charge is 0.124 e. The van der Waals surface area contributed by atoms with Crippen LogP contribution in [0, 0.1) is 19.9 Å². The maximum atomic E-state index is 9.52. The third-order valence-corrected chi connectivity index (χ3v) is 8.06. The summed E-state index contributed by atoms with van der Waals surface area (Å²) in [5.74, 6) is -0.970. The number of rotatable bonds is 4. The van der Waals surface area contributed by atoms with Gasteiger partial charge in [0.25, 0.3) is 0 Å². The molecule has 0 aliphatic heterocycles. The van der Waals surface area contributed by atoms with Crippen LogP contribution in [0.15, 0.2) is 122 Å². The number of pyridine rings is 2. The third kappa shape index (κ3) is 7.33. The first-order valence-corrected chi connectivity index (χ1v) is 14.9. The fourth-order valence-electron chi connectivity index (χ4n) is 5.95. The molecule has 1 fully saturated rings. The molecule has 1 N–H and O–H groups in total. The first-order chi connectivity index (χ1) is 21.7. The molecule has 2 heterocycles. The SMILES string of the molecule is Oc1ccccc1-c1ccccn1.[2H]C1(c2ccccc2)CCC([2H])(c2ccc3c(-c4[c-]c(C)cc(C)c4)nccc3c2)CC1.[Ir]. The standard InChI is InChI=1S/C29H28N.C11H9NO.Ir/c1-20-16-21(2)18-27(17-20)29-28-13-12-25(19-26(28)14-15-30-29)24-10-8-23(9-11-24)22-6-4-3-5-7-22;13-11-7-2-1-5-9(11)10-6-3-4-8-12-10;/h3-7,12-17,19,23-24H,8-11H2,1-2H3;1-8,13H;/q-1;;/i23D,24D;;. The number of phenolic OH excluding ortho intramolecular Hbond substituents is 1. The van der Waals surface area contributed by atoms with Crippen LogP contribution in [0.1, 0.15) is 62.5 Å². The number of hydrogen-bond acceptors (Lipinski definition) is 3. The van der Waals surface area contributed by atoms with E-state index < -0.39 is 11.8 Å². The van der Waals surface area contributed by atoms with Crippen LogP contribution in [0.5, 0.6) is 5.75 Å². The molecule has 1 radical (unpaired) electrons. The van der Waals surface area contributed by atoms with Crippen LogP contribution in [0.25, 0.3) is 33.3 Å². The van der Waals surface area contributed by atoms with Crippen molar-refractivity contribution in [2.45, 2.75) is 51.3 Å². The molecule has 0 bridgehead atoms. The molecule has 1 saturated carbocycles. The van der Waals surface area contributed by atoms with E-state index in [2.05, 4.69) is 72.3 Å². The third-order valence-electron chi connectivity index (χ3n) is 8.06. The van der Waals surface area contributed by atoms with Gasteiger partial charge in [-0.05, 0) is 95.4 Å². The van der Waals surface area contributed by atoms with E-state index in [0.717, 1.165) is 50.0 Å². The summed E-state index contributed by atoms with van der Waals surface area (Å²) < 4.78 is 18.2. The van der Waals surface area contributed by atoms with Gasteiger partial charge in [0.05, 0.1) is 5.69 Å². The van der Waals surface area contributed by atoms with Gasteiger partial charge in [0.15, 0.2) is 0 Å². The second-order valence-electron chi connectivity index (χ2n) is 11.2. The van der Waals surface area contributed by atoms with Gasteiger partial charge in [-0.3, -0.25) is 4.98 Å². The molecule has 44 heavy (non-hydrogen) atoms. The number of aromatic hydroxyl groups is 1.